The molecule has 1 aromatic heterocycles. The third-order valence-electron chi connectivity index (χ3n) is 5.28. The van der Waals surface area contributed by atoms with E-state index in [0.717, 1.165) is 29.8 Å². The van der Waals surface area contributed by atoms with Crippen molar-refractivity contribution < 1.29 is 19.2 Å². The van der Waals surface area contributed by atoms with Crippen LogP contribution in [0.3, 0.4) is 0 Å². The molecule has 0 spiro atoms. The molecule has 0 amide bonds. The molecule has 2 aromatic carbocycles. The maximum absolute atomic E-state index is 12.0. The van der Waals surface area contributed by atoms with Gasteiger partial charge in [0.15, 0.2) is 0 Å². The number of benzene rings is 2. The molecule has 4 rings (SSSR count). The van der Waals surface area contributed by atoms with Crippen molar-refractivity contribution in [1.29, 1.82) is 0 Å². The molecule has 9 nitrogen and oxygen atoms in total. The molecule has 2 heterocycles. The second-order valence-corrected chi connectivity index (χ2v) is 7.45. The number of nitrogens with zero attached hydrogens (tertiary/aromatic N) is 4. The van der Waals surface area contributed by atoms with Gasteiger partial charge in [-0.2, -0.15) is 0 Å². The summed E-state index contributed by atoms with van der Waals surface area (Å²) in [6.45, 7) is 5.27. The zero-order valence-corrected chi connectivity index (χ0v) is 17.8. The summed E-state index contributed by atoms with van der Waals surface area (Å²) < 4.78 is 12.4. The molecule has 3 aromatic rings. The van der Waals surface area contributed by atoms with Gasteiger partial charge in [-0.1, -0.05) is 36.4 Å². The average Bonchev–Trinajstić information content (AvgIpc) is 3.19. The van der Waals surface area contributed by atoms with E-state index in [1.54, 1.807) is 17.6 Å². The van der Waals surface area contributed by atoms with Gasteiger partial charge in [-0.15, -0.1) is 0 Å². The molecule has 0 radical (unpaired) electrons. The van der Waals surface area contributed by atoms with Gasteiger partial charge < -0.3 is 19.6 Å². The van der Waals surface area contributed by atoms with E-state index in [4.69, 9.17) is 9.47 Å². The molecular formula is C23H24N4O5. The second kappa shape index (κ2) is 9.61. The van der Waals surface area contributed by atoms with Crippen molar-refractivity contribution in [2.45, 2.75) is 20.0 Å². The van der Waals surface area contributed by atoms with Crippen LogP contribution in [-0.4, -0.2) is 51.6 Å². The smallest absolute Gasteiger partial charge is 0.414 e. The minimum absolute atomic E-state index is 0.198. The van der Waals surface area contributed by atoms with E-state index >= 15 is 0 Å². The van der Waals surface area contributed by atoms with Crippen LogP contribution in [0, 0.1) is 10.1 Å². The number of fused-ring (bicyclic) bond motifs is 1. The highest BCUT2D eigenvalue weighted by atomic mass is 16.6. The molecule has 0 unspecified atom stereocenters. The SMILES string of the molecule is CCOC(=O)c1cccc(-c2ccc(CN3CCOc4nc([N+](=O)[O-])cn4CC3)cc2)c1. The van der Waals surface area contributed by atoms with Crippen molar-refractivity contribution in [1.82, 2.24) is 14.5 Å². The fourth-order valence-corrected chi connectivity index (χ4v) is 3.64. The van der Waals surface area contributed by atoms with Crippen molar-refractivity contribution in [2.24, 2.45) is 0 Å². The summed E-state index contributed by atoms with van der Waals surface area (Å²) in [5.74, 6) is -0.521. The third kappa shape index (κ3) is 4.94. The molecule has 0 fully saturated rings. The minimum atomic E-state index is -0.511. The molecule has 0 atom stereocenters. The number of hydrogen-bond donors (Lipinski definition) is 0. The van der Waals surface area contributed by atoms with E-state index in [0.29, 0.717) is 37.9 Å². The van der Waals surface area contributed by atoms with E-state index in [1.165, 1.54) is 6.20 Å². The molecule has 1 aliphatic heterocycles. The molecular weight excluding hydrogens is 412 g/mol. The summed E-state index contributed by atoms with van der Waals surface area (Å²) in [4.78, 5) is 28.6. The molecule has 9 heteroatoms. The van der Waals surface area contributed by atoms with Gasteiger partial charge in [0.1, 0.15) is 12.8 Å². The van der Waals surface area contributed by atoms with Gasteiger partial charge in [0, 0.05) is 31.2 Å². The Morgan fingerprint density at radius 3 is 2.72 bits per heavy atom. The van der Waals surface area contributed by atoms with E-state index in [1.807, 2.05) is 30.3 Å². The van der Waals surface area contributed by atoms with Gasteiger partial charge >= 0.3 is 17.8 Å². The standard InChI is InChI=1S/C23H24N4O5/c1-2-31-22(28)20-5-3-4-19(14-20)18-8-6-17(7-9-18)15-25-10-11-26-16-21(27(29)30)24-23(26)32-13-12-25/h3-9,14,16H,2,10-13,15H2,1H3. The number of carbonyl (C=O) groups excluding carboxylic acids is 1. The number of ether oxygens (including phenoxy) is 2. The van der Waals surface area contributed by atoms with E-state index in [9.17, 15) is 14.9 Å². The molecule has 166 valence electrons. The fourth-order valence-electron chi connectivity index (χ4n) is 3.64. The lowest BCUT2D eigenvalue weighted by Gasteiger charge is -2.24. The molecule has 0 saturated carbocycles. The number of esters is 1. The number of nitro groups is 1. The van der Waals surface area contributed by atoms with Crippen molar-refractivity contribution in [3.8, 4) is 17.1 Å². The summed E-state index contributed by atoms with van der Waals surface area (Å²) in [6.07, 6.45) is 1.41. The Balaban J connectivity index is 1.41. The first-order chi connectivity index (χ1) is 15.5. The first-order valence-corrected chi connectivity index (χ1v) is 10.5. The van der Waals surface area contributed by atoms with Crippen LogP contribution in [0.5, 0.6) is 6.01 Å². The van der Waals surface area contributed by atoms with E-state index in [2.05, 4.69) is 22.0 Å². The van der Waals surface area contributed by atoms with Crippen LogP contribution in [0.25, 0.3) is 11.1 Å². The lowest BCUT2D eigenvalue weighted by atomic mass is 10.0. The Kier molecular flexibility index (Phi) is 6.46. The summed E-state index contributed by atoms with van der Waals surface area (Å²) in [6, 6.07) is 15.9. The molecule has 32 heavy (non-hydrogen) atoms. The quantitative estimate of drug-likeness (QED) is 0.331. The van der Waals surface area contributed by atoms with Gasteiger partial charge in [-0.3, -0.25) is 9.47 Å². The van der Waals surface area contributed by atoms with Gasteiger partial charge in [0.25, 0.3) is 0 Å². The highest BCUT2D eigenvalue weighted by Crippen LogP contribution is 2.23. The Morgan fingerprint density at radius 1 is 1.16 bits per heavy atom. The van der Waals surface area contributed by atoms with Gasteiger partial charge in [-0.25, -0.2) is 4.79 Å². The summed E-state index contributed by atoms with van der Waals surface area (Å²) in [5, 5.41) is 10.9. The van der Waals surface area contributed by atoms with Crippen LogP contribution in [0.2, 0.25) is 0 Å². The second-order valence-electron chi connectivity index (χ2n) is 7.45. The molecule has 0 N–H and O–H groups in total. The molecule has 0 aliphatic carbocycles. The molecule has 0 saturated heterocycles. The highest BCUT2D eigenvalue weighted by molar-refractivity contribution is 5.91. The number of carbonyl (C=O) groups is 1. The minimum Gasteiger partial charge on any atom is -0.462 e. The van der Waals surface area contributed by atoms with Gasteiger partial charge in [-0.05, 0) is 40.7 Å². The first-order valence-electron chi connectivity index (χ1n) is 10.5. The van der Waals surface area contributed by atoms with Crippen LogP contribution < -0.4 is 4.74 Å². The van der Waals surface area contributed by atoms with Crippen LogP contribution in [-0.2, 0) is 17.8 Å². The number of aromatic nitrogens is 2. The van der Waals surface area contributed by atoms with Crippen LogP contribution in [0.15, 0.2) is 54.7 Å². The Bertz CT molecular complexity index is 1110. The Hall–Kier alpha value is -3.72. The zero-order chi connectivity index (χ0) is 22.5. The summed E-state index contributed by atoms with van der Waals surface area (Å²) in [7, 11) is 0. The number of imidazole rings is 1. The van der Waals surface area contributed by atoms with Gasteiger partial charge in [0.2, 0.25) is 0 Å². The zero-order valence-electron chi connectivity index (χ0n) is 17.8. The predicted molar refractivity (Wildman–Crippen MR) is 117 cm³/mol. The number of rotatable bonds is 6. The van der Waals surface area contributed by atoms with Crippen LogP contribution in [0.1, 0.15) is 22.8 Å². The van der Waals surface area contributed by atoms with Crippen molar-refractivity contribution in [3.63, 3.8) is 0 Å². The van der Waals surface area contributed by atoms with Crippen molar-refractivity contribution in [2.75, 3.05) is 26.3 Å². The normalized spacial score (nSPS) is 14.0. The maximum atomic E-state index is 12.0. The Morgan fingerprint density at radius 2 is 1.97 bits per heavy atom. The topological polar surface area (TPSA) is 99.7 Å². The lowest BCUT2D eigenvalue weighted by Crippen LogP contribution is -2.33. The highest BCUT2D eigenvalue weighted by Gasteiger charge is 2.22. The molecule has 1 aliphatic rings. The summed E-state index contributed by atoms with van der Waals surface area (Å²) in [5.41, 5.74) is 3.66. The van der Waals surface area contributed by atoms with E-state index in [-0.39, 0.29) is 11.8 Å². The largest absolute Gasteiger partial charge is 0.462 e. The average molecular weight is 436 g/mol. The predicted octanol–water partition coefficient (Wildman–Crippen LogP) is 3.53. The van der Waals surface area contributed by atoms with Crippen LogP contribution >= 0.6 is 0 Å². The van der Waals surface area contributed by atoms with Crippen LogP contribution in [0.4, 0.5) is 5.82 Å². The number of hydrogen-bond acceptors (Lipinski definition) is 7. The maximum Gasteiger partial charge on any atom is 0.414 e. The lowest BCUT2D eigenvalue weighted by molar-refractivity contribution is -0.389. The fraction of sp³-hybridized carbons (Fsp3) is 0.304. The van der Waals surface area contributed by atoms with Crippen molar-refractivity contribution >= 4 is 11.8 Å². The third-order valence-corrected chi connectivity index (χ3v) is 5.28. The Labute approximate surface area is 185 Å². The summed E-state index contributed by atoms with van der Waals surface area (Å²) >= 11 is 0. The van der Waals surface area contributed by atoms with E-state index < -0.39 is 4.92 Å². The molecule has 0 bridgehead atoms. The van der Waals surface area contributed by atoms with Crippen molar-refractivity contribution in [3.05, 3.63) is 76.0 Å². The monoisotopic (exact) mass is 436 g/mol. The first kappa shape index (κ1) is 21.5. The van der Waals surface area contributed by atoms with Gasteiger partial charge in [0.05, 0.1) is 12.2 Å².